The molecule has 0 saturated heterocycles. The monoisotopic (exact) mass is 354 g/mol. The van der Waals surface area contributed by atoms with Crippen LogP contribution in [0.4, 0.5) is 5.69 Å². The molecule has 2 rings (SSSR count). The molecular weight excluding hydrogens is 328 g/mol. The van der Waals surface area contributed by atoms with E-state index in [1.165, 1.54) is 0 Å². The van der Waals surface area contributed by atoms with Crippen LogP contribution in [-0.2, 0) is 22.4 Å². The summed E-state index contributed by atoms with van der Waals surface area (Å²) in [6.07, 6.45) is 1.42. The second kappa shape index (κ2) is 9.73. The minimum Gasteiger partial charge on any atom is -0.544 e. The van der Waals surface area contributed by atoms with Crippen LogP contribution in [0.5, 0.6) is 0 Å². The third-order valence-corrected chi connectivity index (χ3v) is 4.44. The van der Waals surface area contributed by atoms with Gasteiger partial charge >= 0.3 is 0 Å². The average molecular weight is 354 g/mol. The summed E-state index contributed by atoms with van der Waals surface area (Å²) in [6, 6.07) is 14.8. The number of nitrogens with one attached hydrogen (secondary N) is 1. The van der Waals surface area contributed by atoms with E-state index in [2.05, 4.69) is 5.32 Å². The van der Waals surface area contributed by atoms with E-state index in [1.807, 2.05) is 62.4 Å². The molecule has 0 radical (unpaired) electrons. The maximum atomic E-state index is 12.4. The van der Waals surface area contributed by atoms with Gasteiger partial charge in [0.1, 0.15) is 6.04 Å². The number of aliphatic carboxylic acids is 1. The fourth-order valence-corrected chi connectivity index (χ4v) is 2.95. The molecular formula is C21H26N2O3. The number of hydrogen-bond acceptors (Lipinski definition) is 3. The van der Waals surface area contributed by atoms with Crippen LogP contribution in [0.1, 0.15) is 30.0 Å². The molecule has 26 heavy (non-hydrogen) atoms. The zero-order chi connectivity index (χ0) is 18.9. The van der Waals surface area contributed by atoms with Crippen LogP contribution >= 0.6 is 0 Å². The summed E-state index contributed by atoms with van der Waals surface area (Å²) in [5, 5.41) is 15.9. The normalized spacial score (nSPS) is 11.8. The highest BCUT2D eigenvalue weighted by molar-refractivity contribution is 5.94. The largest absolute Gasteiger partial charge is 0.544 e. The first kappa shape index (κ1) is 19.7. The molecule has 0 aliphatic rings. The summed E-state index contributed by atoms with van der Waals surface area (Å²) in [7, 11) is 0. The number of para-hydroxylation sites is 1. The standard InChI is InChI=1S/C21H26N2O3/c1-3-17-11-7-8-15(2)20(17)23-19(24)14-18(21(25)26)22-13-12-16-9-5-4-6-10-16/h4-11,18,22H,3,12-14H2,1-2H3,(H,23,24)(H,25,26)/t18-/m1/s1. The highest BCUT2D eigenvalue weighted by Crippen LogP contribution is 2.21. The first-order chi connectivity index (χ1) is 12.5. The number of amides is 1. The van der Waals surface area contributed by atoms with Crippen molar-refractivity contribution in [2.24, 2.45) is 0 Å². The molecule has 138 valence electrons. The molecule has 5 heteroatoms. The fraction of sp³-hybridized carbons (Fsp3) is 0.333. The van der Waals surface area contributed by atoms with Gasteiger partial charge in [0.2, 0.25) is 5.91 Å². The summed E-state index contributed by atoms with van der Waals surface area (Å²) in [5.74, 6) is -1.52. The highest BCUT2D eigenvalue weighted by Gasteiger charge is 2.19. The van der Waals surface area contributed by atoms with E-state index in [0.29, 0.717) is 6.54 Å². The molecule has 0 aromatic heterocycles. The topological polar surface area (TPSA) is 85.8 Å². The number of carbonyl (C=O) groups excluding carboxylic acids is 2. The fourth-order valence-electron chi connectivity index (χ4n) is 2.95. The van der Waals surface area contributed by atoms with Crippen molar-refractivity contribution < 1.29 is 20.0 Å². The van der Waals surface area contributed by atoms with Crippen molar-refractivity contribution in [1.29, 1.82) is 0 Å². The Balaban J connectivity index is 1.92. The van der Waals surface area contributed by atoms with Gasteiger partial charge in [-0.2, -0.15) is 0 Å². The SMILES string of the molecule is CCc1cccc(C)c1NC(=O)C[C@@H]([NH2+]CCc1ccccc1)C(=O)[O-]. The van der Waals surface area contributed by atoms with Crippen molar-refractivity contribution >= 4 is 17.6 Å². The Morgan fingerprint density at radius 3 is 2.50 bits per heavy atom. The third-order valence-electron chi connectivity index (χ3n) is 4.44. The molecule has 2 aromatic rings. The number of carboxylic acids is 1. The Bertz CT molecular complexity index is 744. The Hall–Kier alpha value is -2.66. The van der Waals surface area contributed by atoms with Gasteiger partial charge in [-0.05, 0) is 30.0 Å². The maximum absolute atomic E-state index is 12.4. The summed E-state index contributed by atoms with van der Waals surface area (Å²) < 4.78 is 0. The molecule has 0 bridgehead atoms. The first-order valence-corrected chi connectivity index (χ1v) is 8.97. The lowest BCUT2D eigenvalue weighted by molar-refractivity contribution is -0.682. The molecule has 0 aliphatic heterocycles. The van der Waals surface area contributed by atoms with Crippen LogP contribution in [0.25, 0.3) is 0 Å². The van der Waals surface area contributed by atoms with Gasteiger partial charge in [-0.3, -0.25) is 4.79 Å². The molecule has 1 atom stereocenters. The maximum Gasteiger partial charge on any atom is 0.230 e. The second-order valence-electron chi connectivity index (χ2n) is 6.40. The van der Waals surface area contributed by atoms with Crippen LogP contribution in [0.3, 0.4) is 0 Å². The van der Waals surface area contributed by atoms with Gasteiger partial charge in [0.15, 0.2) is 0 Å². The zero-order valence-corrected chi connectivity index (χ0v) is 15.3. The van der Waals surface area contributed by atoms with Gasteiger partial charge in [-0.15, -0.1) is 0 Å². The molecule has 3 N–H and O–H groups in total. The Morgan fingerprint density at radius 1 is 1.12 bits per heavy atom. The van der Waals surface area contributed by atoms with E-state index in [9.17, 15) is 14.7 Å². The van der Waals surface area contributed by atoms with E-state index in [4.69, 9.17) is 0 Å². The lowest BCUT2D eigenvalue weighted by atomic mass is 10.1. The number of carbonyl (C=O) groups is 2. The van der Waals surface area contributed by atoms with E-state index in [0.717, 1.165) is 35.2 Å². The molecule has 1 amide bonds. The summed E-state index contributed by atoms with van der Waals surface area (Å²) in [6.45, 7) is 4.53. The van der Waals surface area contributed by atoms with Gasteiger partial charge in [-0.1, -0.05) is 55.5 Å². The first-order valence-electron chi connectivity index (χ1n) is 8.97. The van der Waals surface area contributed by atoms with E-state index < -0.39 is 12.0 Å². The van der Waals surface area contributed by atoms with Crippen LogP contribution in [0, 0.1) is 6.92 Å². The van der Waals surface area contributed by atoms with Crippen LogP contribution in [-0.4, -0.2) is 24.5 Å². The van der Waals surface area contributed by atoms with Crippen molar-refractivity contribution in [1.82, 2.24) is 0 Å². The van der Waals surface area contributed by atoms with Crippen molar-refractivity contribution in [3.63, 3.8) is 0 Å². The summed E-state index contributed by atoms with van der Waals surface area (Å²) >= 11 is 0. The number of rotatable bonds is 9. The Labute approximate surface area is 154 Å². The highest BCUT2D eigenvalue weighted by atomic mass is 16.4. The zero-order valence-electron chi connectivity index (χ0n) is 15.3. The Kier molecular flexibility index (Phi) is 7.36. The van der Waals surface area contributed by atoms with Crippen molar-refractivity contribution in [2.45, 2.75) is 39.2 Å². The lowest BCUT2D eigenvalue weighted by Gasteiger charge is -2.18. The minimum atomic E-state index is -1.21. The van der Waals surface area contributed by atoms with E-state index in [1.54, 1.807) is 5.32 Å². The van der Waals surface area contributed by atoms with Gasteiger partial charge in [-0.25, -0.2) is 0 Å². The molecule has 5 nitrogen and oxygen atoms in total. The van der Waals surface area contributed by atoms with Gasteiger partial charge < -0.3 is 20.5 Å². The van der Waals surface area contributed by atoms with Crippen LogP contribution in [0.15, 0.2) is 48.5 Å². The lowest BCUT2D eigenvalue weighted by Crippen LogP contribution is -2.93. The molecule has 0 unspecified atom stereocenters. The Morgan fingerprint density at radius 2 is 1.85 bits per heavy atom. The van der Waals surface area contributed by atoms with Gasteiger partial charge in [0.05, 0.1) is 18.9 Å². The molecule has 0 fully saturated rings. The molecule has 2 aromatic carbocycles. The number of carboxylic acid groups (broad SMARTS) is 1. The molecule has 0 saturated carbocycles. The molecule has 0 heterocycles. The number of nitrogens with two attached hydrogens (primary N) is 1. The predicted octanol–water partition coefficient (Wildman–Crippen LogP) is 0.811. The number of hydrogen-bond donors (Lipinski definition) is 2. The van der Waals surface area contributed by atoms with Gasteiger partial charge in [0.25, 0.3) is 0 Å². The molecule has 0 spiro atoms. The number of benzene rings is 2. The van der Waals surface area contributed by atoms with E-state index >= 15 is 0 Å². The smallest absolute Gasteiger partial charge is 0.230 e. The minimum absolute atomic E-state index is 0.116. The van der Waals surface area contributed by atoms with Crippen molar-refractivity contribution in [3.8, 4) is 0 Å². The summed E-state index contributed by atoms with van der Waals surface area (Å²) in [5.41, 5.74) is 3.92. The van der Waals surface area contributed by atoms with Crippen molar-refractivity contribution in [3.05, 3.63) is 65.2 Å². The third kappa shape index (κ3) is 5.70. The van der Waals surface area contributed by atoms with E-state index in [-0.39, 0.29) is 12.3 Å². The number of anilines is 1. The summed E-state index contributed by atoms with van der Waals surface area (Å²) in [4.78, 5) is 23.8. The quantitative estimate of drug-likeness (QED) is 0.699. The second-order valence-corrected chi connectivity index (χ2v) is 6.40. The van der Waals surface area contributed by atoms with Crippen molar-refractivity contribution in [2.75, 3.05) is 11.9 Å². The van der Waals surface area contributed by atoms with Crippen LogP contribution < -0.4 is 15.7 Å². The number of aryl methyl sites for hydroxylation is 2. The average Bonchev–Trinajstić information content (AvgIpc) is 2.63. The predicted molar refractivity (Wildman–Crippen MR) is 99.5 cm³/mol. The molecule has 0 aliphatic carbocycles. The van der Waals surface area contributed by atoms with Crippen LogP contribution in [0.2, 0.25) is 0 Å². The van der Waals surface area contributed by atoms with Gasteiger partial charge in [0, 0.05) is 12.1 Å². The number of quaternary nitrogens is 1.